The monoisotopic (exact) mass is 379 g/mol. The number of rotatable bonds is 9. The van der Waals surface area contributed by atoms with Crippen LogP contribution >= 0.6 is 0 Å². The fraction of sp³-hybridized carbons (Fsp3) is 0.318. The van der Waals surface area contributed by atoms with Gasteiger partial charge < -0.3 is 9.26 Å². The molecule has 3 rings (SSSR count). The Bertz CT molecular complexity index is 876. The molecule has 0 aliphatic heterocycles. The summed E-state index contributed by atoms with van der Waals surface area (Å²) in [5, 5.41) is 4.09. The van der Waals surface area contributed by atoms with Crippen molar-refractivity contribution in [1.29, 1.82) is 0 Å². The van der Waals surface area contributed by atoms with Crippen LogP contribution in [0.5, 0.6) is 0 Å². The molecule has 0 fully saturated rings. The molecule has 0 atom stereocenters. The number of ether oxygens (including phenoxy) is 1. The number of nitrogens with zero attached hydrogens (tertiary/aromatic N) is 3. The van der Waals surface area contributed by atoms with Crippen LogP contribution in [0.15, 0.2) is 59.1 Å². The third kappa shape index (κ3) is 5.27. The molecule has 0 saturated carbocycles. The van der Waals surface area contributed by atoms with Gasteiger partial charge in [-0.05, 0) is 30.7 Å². The molecule has 0 amide bonds. The highest BCUT2D eigenvalue weighted by Crippen LogP contribution is 2.18. The number of aromatic nitrogens is 2. The molecule has 3 aromatic rings. The quantitative estimate of drug-likeness (QED) is 0.516. The largest absolute Gasteiger partial charge is 0.465 e. The van der Waals surface area contributed by atoms with Crippen molar-refractivity contribution >= 4 is 5.97 Å². The van der Waals surface area contributed by atoms with E-state index < -0.39 is 0 Å². The van der Waals surface area contributed by atoms with E-state index in [1.165, 1.54) is 12.7 Å². The SMILES string of the molecule is CCCCN(Cc1ccccc1)Cc1nc(-c2ccc(C(=O)OC)cc2)no1. The first-order chi connectivity index (χ1) is 13.7. The van der Waals surface area contributed by atoms with E-state index in [2.05, 4.69) is 46.2 Å². The Morgan fingerprint density at radius 3 is 2.50 bits per heavy atom. The van der Waals surface area contributed by atoms with Gasteiger partial charge in [0.1, 0.15) is 0 Å². The van der Waals surface area contributed by atoms with Crippen LogP contribution in [0.4, 0.5) is 0 Å². The molecule has 6 heteroatoms. The average Bonchev–Trinajstić information content (AvgIpc) is 3.21. The third-order valence-corrected chi connectivity index (χ3v) is 4.47. The van der Waals surface area contributed by atoms with Crippen molar-refractivity contribution in [3.05, 3.63) is 71.6 Å². The van der Waals surface area contributed by atoms with Gasteiger partial charge in [-0.15, -0.1) is 0 Å². The first-order valence-electron chi connectivity index (χ1n) is 9.47. The fourth-order valence-corrected chi connectivity index (χ4v) is 2.94. The number of unbranched alkanes of at least 4 members (excludes halogenated alkanes) is 1. The van der Waals surface area contributed by atoms with Crippen LogP contribution in [-0.2, 0) is 17.8 Å². The molecule has 0 aliphatic carbocycles. The van der Waals surface area contributed by atoms with E-state index in [0.29, 0.717) is 23.8 Å². The average molecular weight is 379 g/mol. The van der Waals surface area contributed by atoms with Gasteiger partial charge in [-0.2, -0.15) is 4.98 Å². The Morgan fingerprint density at radius 2 is 1.82 bits per heavy atom. The second-order valence-electron chi connectivity index (χ2n) is 6.63. The van der Waals surface area contributed by atoms with Gasteiger partial charge in [0.25, 0.3) is 0 Å². The molecule has 1 aromatic heterocycles. The van der Waals surface area contributed by atoms with Crippen molar-refractivity contribution in [3.63, 3.8) is 0 Å². The lowest BCUT2D eigenvalue weighted by Gasteiger charge is -2.20. The number of hydrogen-bond acceptors (Lipinski definition) is 6. The van der Waals surface area contributed by atoms with Crippen LogP contribution in [0.2, 0.25) is 0 Å². The number of hydrogen-bond donors (Lipinski definition) is 0. The van der Waals surface area contributed by atoms with E-state index in [1.807, 2.05) is 6.07 Å². The Hall–Kier alpha value is -2.99. The van der Waals surface area contributed by atoms with Crippen LogP contribution in [0.3, 0.4) is 0 Å². The summed E-state index contributed by atoms with van der Waals surface area (Å²) in [6, 6.07) is 17.4. The normalized spacial score (nSPS) is 11.0. The fourth-order valence-electron chi connectivity index (χ4n) is 2.94. The van der Waals surface area contributed by atoms with Crippen molar-refractivity contribution < 1.29 is 14.1 Å². The second-order valence-corrected chi connectivity index (χ2v) is 6.63. The number of methoxy groups -OCH3 is 1. The maximum Gasteiger partial charge on any atom is 0.337 e. The topological polar surface area (TPSA) is 68.5 Å². The lowest BCUT2D eigenvalue weighted by molar-refractivity contribution is 0.0601. The smallest absolute Gasteiger partial charge is 0.337 e. The second kappa shape index (κ2) is 9.80. The van der Waals surface area contributed by atoms with Crippen molar-refractivity contribution in [2.75, 3.05) is 13.7 Å². The van der Waals surface area contributed by atoms with Gasteiger partial charge in [0.05, 0.1) is 19.2 Å². The minimum Gasteiger partial charge on any atom is -0.465 e. The summed E-state index contributed by atoms with van der Waals surface area (Å²) in [4.78, 5) is 18.4. The molecular weight excluding hydrogens is 354 g/mol. The first kappa shape index (κ1) is 19.8. The zero-order valence-electron chi connectivity index (χ0n) is 16.3. The molecule has 6 nitrogen and oxygen atoms in total. The van der Waals surface area contributed by atoms with E-state index in [9.17, 15) is 4.79 Å². The highest BCUT2D eigenvalue weighted by Gasteiger charge is 2.14. The molecule has 0 saturated heterocycles. The van der Waals surface area contributed by atoms with Gasteiger partial charge in [0.2, 0.25) is 11.7 Å². The Balaban J connectivity index is 1.69. The summed E-state index contributed by atoms with van der Waals surface area (Å²) >= 11 is 0. The van der Waals surface area contributed by atoms with Gasteiger partial charge >= 0.3 is 5.97 Å². The number of carbonyl (C=O) groups excluding carboxylic acids is 1. The number of benzene rings is 2. The predicted octanol–water partition coefficient (Wildman–Crippen LogP) is 4.33. The predicted molar refractivity (Wildman–Crippen MR) is 107 cm³/mol. The molecule has 0 radical (unpaired) electrons. The molecule has 0 unspecified atom stereocenters. The van der Waals surface area contributed by atoms with Crippen LogP contribution in [0, 0.1) is 0 Å². The van der Waals surface area contributed by atoms with Crippen molar-refractivity contribution in [2.24, 2.45) is 0 Å². The summed E-state index contributed by atoms with van der Waals surface area (Å²) in [5.41, 5.74) is 2.55. The van der Waals surface area contributed by atoms with Gasteiger partial charge in [-0.3, -0.25) is 4.90 Å². The van der Waals surface area contributed by atoms with Gasteiger partial charge in [-0.25, -0.2) is 4.79 Å². The molecule has 146 valence electrons. The molecule has 0 bridgehead atoms. The summed E-state index contributed by atoms with van der Waals surface area (Å²) in [7, 11) is 1.36. The van der Waals surface area contributed by atoms with Crippen LogP contribution in [0.25, 0.3) is 11.4 Å². The lowest BCUT2D eigenvalue weighted by atomic mass is 10.1. The molecule has 1 heterocycles. The minimum absolute atomic E-state index is 0.368. The molecule has 28 heavy (non-hydrogen) atoms. The van der Waals surface area contributed by atoms with Gasteiger partial charge in [0.15, 0.2) is 0 Å². The Kier molecular flexibility index (Phi) is 6.92. The third-order valence-electron chi connectivity index (χ3n) is 4.47. The van der Waals surface area contributed by atoms with Crippen LogP contribution < -0.4 is 0 Å². The Labute approximate surface area is 165 Å². The van der Waals surface area contributed by atoms with Gasteiger partial charge in [0, 0.05) is 12.1 Å². The van der Waals surface area contributed by atoms with Crippen molar-refractivity contribution in [2.45, 2.75) is 32.9 Å². The van der Waals surface area contributed by atoms with E-state index >= 15 is 0 Å². The number of esters is 1. The minimum atomic E-state index is -0.368. The molecule has 0 aliphatic rings. The van der Waals surface area contributed by atoms with E-state index in [0.717, 1.165) is 31.5 Å². The van der Waals surface area contributed by atoms with E-state index in [1.54, 1.807) is 24.3 Å². The highest BCUT2D eigenvalue weighted by atomic mass is 16.5. The first-order valence-corrected chi connectivity index (χ1v) is 9.47. The lowest BCUT2D eigenvalue weighted by Crippen LogP contribution is -2.24. The van der Waals surface area contributed by atoms with Crippen molar-refractivity contribution in [1.82, 2.24) is 15.0 Å². The van der Waals surface area contributed by atoms with Crippen LogP contribution in [0.1, 0.15) is 41.6 Å². The maximum atomic E-state index is 11.5. The maximum absolute atomic E-state index is 11.5. The molecule has 2 aromatic carbocycles. The van der Waals surface area contributed by atoms with E-state index in [4.69, 9.17) is 9.26 Å². The highest BCUT2D eigenvalue weighted by molar-refractivity contribution is 5.89. The summed E-state index contributed by atoms with van der Waals surface area (Å²) < 4.78 is 10.2. The zero-order valence-corrected chi connectivity index (χ0v) is 16.3. The summed E-state index contributed by atoms with van der Waals surface area (Å²) in [6.07, 6.45) is 2.25. The standard InChI is InChI=1S/C22H25N3O3/c1-3-4-14-25(15-17-8-6-5-7-9-17)16-20-23-21(24-28-20)18-10-12-19(13-11-18)22(26)27-2/h5-13H,3-4,14-16H2,1-2H3. The zero-order chi connectivity index (χ0) is 19.8. The van der Waals surface area contributed by atoms with Crippen molar-refractivity contribution in [3.8, 4) is 11.4 Å². The van der Waals surface area contributed by atoms with Gasteiger partial charge in [-0.1, -0.05) is 61.0 Å². The summed E-state index contributed by atoms with van der Waals surface area (Å²) in [5.74, 6) is 0.730. The summed E-state index contributed by atoms with van der Waals surface area (Å²) in [6.45, 7) is 4.59. The van der Waals surface area contributed by atoms with E-state index in [-0.39, 0.29) is 5.97 Å². The molecule has 0 spiro atoms. The molecule has 0 N–H and O–H groups in total. The Morgan fingerprint density at radius 1 is 1.07 bits per heavy atom. The van der Waals surface area contributed by atoms with Crippen LogP contribution in [-0.4, -0.2) is 34.7 Å². The number of carbonyl (C=O) groups is 1. The molecular formula is C22H25N3O3.